The smallest absolute Gasteiger partial charge is 0.331 e. The summed E-state index contributed by atoms with van der Waals surface area (Å²) in [5, 5.41) is 8.42. The number of carbonyl (C=O) groups excluding carboxylic acids is 1. The van der Waals surface area contributed by atoms with Crippen molar-refractivity contribution in [2.24, 2.45) is 5.73 Å². The van der Waals surface area contributed by atoms with Gasteiger partial charge in [0.15, 0.2) is 5.54 Å². The zero-order valence-corrected chi connectivity index (χ0v) is 5.63. The van der Waals surface area contributed by atoms with Crippen LogP contribution in [-0.2, 0) is 9.53 Å². The van der Waals surface area contributed by atoms with E-state index in [0.717, 1.165) is 7.11 Å². The number of alkyl halides is 1. The fourth-order valence-corrected chi connectivity index (χ4v) is 0.365. The van der Waals surface area contributed by atoms with Gasteiger partial charge in [0.05, 0.1) is 13.7 Å². The van der Waals surface area contributed by atoms with E-state index in [9.17, 15) is 9.18 Å². The zero-order chi connectivity index (χ0) is 8.20. The highest BCUT2D eigenvalue weighted by molar-refractivity contribution is 5.80. The van der Waals surface area contributed by atoms with Crippen LogP contribution in [0.25, 0.3) is 0 Å². The van der Waals surface area contributed by atoms with Crippen LogP contribution in [0.2, 0.25) is 0 Å². The van der Waals surface area contributed by atoms with Crippen molar-refractivity contribution in [3.05, 3.63) is 0 Å². The standard InChI is InChI=1S/C5H10FNO3/c1-10-4(9)5(7,2-6)3-8/h8H,2-3,7H2,1H3. The first-order valence-corrected chi connectivity index (χ1v) is 2.65. The summed E-state index contributed by atoms with van der Waals surface area (Å²) in [7, 11) is 1.08. The second-order valence-electron chi connectivity index (χ2n) is 1.94. The first-order valence-electron chi connectivity index (χ1n) is 2.65. The molecule has 3 N–H and O–H groups in total. The van der Waals surface area contributed by atoms with Gasteiger partial charge in [-0.2, -0.15) is 0 Å². The molecule has 0 fully saturated rings. The van der Waals surface area contributed by atoms with E-state index in [1.807, 2.05) is 0 Å². The van der Waals surface area contributed by atoms with Gasteiger partial charge in [-0.3, -0.25) is 0 Å². The van der Waals surface area contributed by atoms with E-state index in [4.69, 9.17) is 10.8 Å². The normalized spacial score (nSPS) is 16.0. The molecule has 0 aliphatic heterocycles. The van der Waals surface area contributed by atoms with E-state index in [1.54, 1.807) is 0 Å². The fraction of sp³-hybridized carbons (Fsp3) is 0.800. The Bertz CT molecular complexity index is 124. The van der Waals surface area contributed by atoms with Crippen molar-refractivity contribution >= 4 is 5.97 Å². The maximum atomic E-state index is 11.9. The molecule has 4 nitrogen and oxygen atoms in total. The summed E-state index contributed by atoms with van der Waals surface area (Å²) in [6.45, 7) is -1.88. The average molecular weight is 151 g/mol. The largest absolute Gasteiger partial charge is 0.468 e. The molecule has 0 saturated carbocycles. The third-order valence-electron chi connectivity index (χ3n) is 1.11. The molecule has 10 heavy (non-hydrogen) atoms. The number of halogens is 1. The summed E-state index contributed by atoms with van der Waals surface area (Å²) < 4.78 is 16.0. The SMILES string of the molecule is COC(=O)C(N)(CO)CF. The maximum absolute atomic E-state index is 11.9. The van der Waals surface area contributed by atoms with Gasteiger partial charge in [0.1, 0.15) is 6.67 Å². The minimum Gasteiger partial charge on any atom is -0.468 e. The summed E-state index contributed by atoms with van der Waals surface area (Å²) in [5.41, 5.74) is 3.17. The van der Waals surface area contributed by atoms with Crippen LogP contribution in [0, 0.1) is 0 Å². The Morgan fingerprint density at radius 1 is 1.90 bits per heavy atom. The van der Waals surface area contributed by atoms with Crippen LogP contribution in [-0.4, -0.2) is 37.0 Å². The molecule has 5 heteroatoms. The van der Waals surface area contributed by atoms with Crippen LogP contribution < -0.4 is 5.73 Å². The second-order valence-corrected chi connectivity index (χ2v) is 1.94. The van der Waals surface area contributed by atoms with Crippen LogP contribution in [0.5, 0.6) is 0 Å². The fourth-order valence-electron chi connectivity index (χ4n) is 0.365. The molecule has 0 amide bonds. The van der Waals surface area contributed by atoms with Gasteiger partial charge in [0.25, 0.3) is 0 Å². The van der Waals surface area contributed by atoms with E-state index in [1.165, 1.54) is 0 Å². The van der Waals surface area contributed by atoms with Crippen LogP contribution in [0.4, 0.5) is 4.39 Å². The molecule has 0 aromatic heterocycles. The number of hydrogen-bond acceptors (Lipinski definition) is 4. The third-order valence-corrected chi connectivity index (χ3v) is 1.11. The van der Waals surface area contributed by atoms with Gasteiger partial charge in [-0.05, 0) is 0 Å². The van der Waals surface area contributed by atoms with Gasteiger partial charge in [0.2, 0.25) is 0 Å². The van der Waals surface area contributed by atoms with E-state index >= 15 is 0 Å². The maximum Gasteiger partial charge on any atom is 0.331 e. The summed E-state index contributed by atoms with van der Waals surface area (Å²) in [6, 6.07) is 0. The van der Waals surface area contributed by atoms with Crippen LogP contribution in [0.15, 0.2) is 0 Å². The molecule has 0 heterocycles. The molecule has 0 aliphatic rings. The van der Waals surface area contributed by atoms with Gasteiger partial charge in [-0.25, -0.2) is 9.18 Å². The topological polar surface area (TPSA) is 72.5 Å². The number of aliphatic hydroxyl groups is 1. The van der Waals surface area contributed by atoms with Gasteiger partial charge >= 0.3 is 5.97 Å². The molecule has 0 saturated heterocycles. The molecular formula is C5H10FNO3. The van der Waals surface area contributed by atoms with E-state index in [-0.39, 0.29) is 0 Å². The summed E-state index contributed by atoms with van der Waals surface area (Å²) >= 11 is 0. The molecule has 0 spiro atoms. The number of methoxy groups -OCH3 is 1. The highest BCUT2D eigenvalue weighted by Crippen LogP contribution is 2.02. The van der Waals surface area contributed by atoms with Crippen molar-refractivity contribution in [3.63, 3.8) is 0 Å². The number of esters is 1. The molecule has 0 radical (unpaired) electrons. The van der Waals surface area contributed by atoms with Crippen LogP contribution >= 0.6 is 0 Å². The Labute approximate surface area is 57.8 Å². The summed E-state index contributed by atoms with van der Waals surface area (Å²) in [5.74, 6) is -0.947. The summed E-state index contributed by atoms with van der Waals surface area (Å²) in [4.78, 5) is 10.5. The lowest BCUT2D eigenvalue weighted by atomic mass is 10.1. The molecule has 0 rings (SSSR count). The first kappa shape index (κ1) is 9.32. The first-order chi connectivity index (χ1) is 4.60. The van der Waals surface area contributed by atoms with Crippen molar-refractivity contribution in [2.75, 3.05) is 20.4 Å². The summed E-state index contributed by atoms with van der Waals surface area (Å²) in [6.07, 6.45) is 0. The Morgan fingerprint density at radius 3 is 2.50 bits per heavy atom. The van der Waals surface area contributed by atoms with Gasteiger partial charge in [-0.15, -0.1) is 0 Å². The molecule has 1 unspecified atom stereocenters. The lowest BCUT2D eigenvalue weighted by Crippen LogP contribution is -2.54. The number of ether oxygens (including phenoxy) is 1. The third kappa shape index (κ3) is 1.65. The number of hydrogen-bond donors (Lipinski definition) is 2. The highest BCUT2D eigenvalue weighted by atomic mass is 19.1. The number of rotatable bonds is 3. The van der Waals surface area contributed by atoms with Gasteiger partial charge < -0.3 is 15.6 Å². The number of carbonyl (C=O) groups is 1. The van der Waals surface area contributed by atoms with Crippen LogP contribution in [0.1, 0.15) is 0 Å². The van der Waals surface area contributed by atoms with Crippen molar-refractivity contribution in [3.8, 4) is 0 Å². The average Bonchev–Trinajstić information content (AvgIpc) is 2.01. The number of nitrogens with two attached hydrogens (primary N) is 1. The second kappa shape index (κ2) is 3.48. The van der Waals surface area contributed by atoms with E-state index in [0.29, 0.717) is 0 Å². The molecule has 0 aromatic rings. The zero-order valence-electron chi connectivity index (χ0n) is 5.63. The molecule has 60 valence electrons. The Kier molecular flexibility index (Phi) is 3.24. The van der Waals surface area contributed by atoms with E-state index < -0.39 is 24.8 Å². The van der Waals surface area contributed by atoms with Gasteiger partial charge in [0, 0.05) is 0 Å². The monoisotopic (exact) mass is 151 g/mol. The Morgan fingerprint density at radius 2 is 2.40 bits per heavy atom. The van der Waals surface area contributed by atoms with Crippen molar-refractivity contribution in [1.82, 2.24) is 0 Å². The highest BCUT2D eigenvalue weighted by Gasteiger charge is 2.34. The minimum absolute atomic E-state index is 0.754. The molecule has 0 aromatic carbocycles. The van der Waals surface area contributed by atoms with Crippen molar-refractivity contribution in [1.29, 1.82) is 0 Å². The quantitative estimate of drug-likeness (QED) is 0.498. The van der Waals surface area contributed by atoms with Crippen LogP contribution in [0.3, 0.4) is 0 Å². The molecule has 0 aliphatic carbocycles. The van der Waals surface area contributed by atoms with E-state index in [2.05, 4.69) is 4.74 Å². The lowest BCUT2D eigenvalue weighted by Gasteiger charge is -2.19. The van der Waals surface area contributed by atoms with Crippen molar-refractivity contribution in [2.45, 2.75) is 5.54 Å². The lowest BCUT2D eigenvalue weighted by molar-refractivity contribution is -0.149. The Hall–Kier alpha value is -0.680. The molecule has 1 atom stereocenters. The predicted molar refractivity (Wildman–Crippen MR) is 32.0 cm³/mol. The molecular weight excluding hydrogens is 141 g/mol. The molecule has 0 bridgehead atoms. The minimum atomic E-state index is -1.88. The number of aliphatic hydroxyl groups excluding tert-OH is 1. The van der Waals surface area contributed by atoms with Crippen molar-refractivity contribution < 1.29 is 19.0 Å². The predicted octanol–water partition coefficient (Wildman–Crippen LogP) is -1.18. The van der Waals surface area contributed by atoms with Gasteiger partial charge in [-0.1, -0.05) is 0 Å². The Balaban J connectivity index is 4.17.